The molecule has 0 aromatic heterocycles. The Morgan fingerprint density at radius 3 is 2.62 bits per heavy atom. The van der Waals surface area contributed by atoms with E-state index < -0.39 is 11.6 Å². The highest BCUT2D eigenvalue weighted by Gasteiger charge is 2.42. The summed E-state index contributed by atoms with van der Waals surface area (Å²) < 4.78 is 12.1. The van der Waals surface area contributed by atoms with Crippen molar-refractivity contribution in [3.05, 3.63) is 29.3 Å². The number of ether oxygens (including phenoxy) is 2. The fraction of sp³-hybridized carbons (Fsp3) is 0.625. The van der Waals surface area contributed by atoms with Crippen molar-refractivity contribution < 1.29 is 23.9 Å². The number of hydrogen-bond acceptors (Lipinski definition) is 5. The summed E-state index contributed by atoms with van der Waals surface area (Å²) >= 11 is 0. The van der Waals surface area contributed by atoms with Crippen LogP contribution in [0.25, 0.3) is 0 Å². The summed E-state index contributed by atoms with van der Waals surface area (Å²) in [5.41, 5.74) is 0.832. The Hall–Kier alpha value is -2.61. The van der Waals surface area contributed by atoms with Crippen molar-refractivity contribution >= 4 is 17.7 Å². The van der Waals surface area contributed by atoms with Crippen molar-refractivity contribution in [1.29, 1.82) is 0 Å². The first-order valence-corrected chi connectivity index (χ1v) is 11.5. The highest BCUT2D eigenvalue weighted by Crippen LogP contribution is 2.34. The van der Waals surface area contributed by atoms with Gasteiger partial charge in [0.1, 0.15) is 17.4 Å². The van der Waals surface area contributed by atoms with E-state index in [1.807, 2.05) is 39.0 Å². The maximum atomic E-state index is 13.2. The predicted molar refractivity (Wildman–Crippen MR) is 118 cm³/mol. The van der Waals surface area contributed by atoms with Crippen LogP contribution in [0.15, 0.2) is 18.2 Å². The maximum Gasteiger partial charge on any atom is 0.255 e. The molecule has 4 unspecified atom stereocenters. The monoisotopic (exact) mass is 443 g/mol. The van der Waals surface area contributed by atoms with E-state index in [4.69, 9.17) is 9.47 Å². The van der Waals surface area contributed by atoms with E-state index in [2.05, 4.69) is 5.32 Å². The number of amides is 3. The second-order valence-electron chi connectivity index (χ2n) is 9.48. The first kappa shape index (κ1) is 22.6. The van der Waals surface area contributed by atoms with Gasteiger partial charge >= 0.3 is 0 Å². The molecule has 8 nitrogen and oxygen atoms in total. The number of carbonyl (C=O) groups excluding carboxylic acids is 3. The van der Waals surface area contributed by atoms with Crippen LogP contribution >= 0.6 is 0 Å². The molecule has 3 aliphatic rings. The van der Waals surface area contributed by atoms with Crippen LogP contribution in [-0.2, 0) is 14.3 Å². The average molecular weight is 444 g/mol. The van der Waals surface area contributed by atoms with Gasteiger partial charge < -0.3 is 24.6 Å². The van der Waals surface area contributed by atoms with Crippen molar-refractivity contribution in [1.82, 2.24) is 15.1 Å². The fourth-order valence-electron chi connectivity index (χ4n) is 5.01. The number of aryl methyl sites for hydroxylation is 1. The quantitative estimate of drug-likeness (QED) is 0.754. The lowest BCUT2D eigenvalue weighted by atomic mass is 9.94. The van der Waals surface area contributed by atoms with Gasteiger partial charge in [-0.3, -0.25) is 14.4 Å². The zero-order chi connectivity index (χ0) is 23.0. The molecule has 174 valence electrons. The van der Waals surface area contributed by atoms with Gasteiger partial charge in [-0.05, 0) is 46.2 Å². The van der Waals surface area contributed by atoms with Crippen molar-refractivity contribution in [3.63, 3.8) is 0 Å². The predicted octanol–water partition coefficient (Wildman–Crippen LogP) is 1.89. The van der Waals surface area contributed by atoms with Gasteiger partial charge in [0, 0.05) is 32.5 Å². The first-order valence-electron chi connectivity index (χ1n) is 11.5. The van der Waals surface area contributed by atoms with Crippen LogP contribution in [0.2, 0.25) is 0 Å². The molecule has 0 saturated carbocycles. The molecular weight excluding hydrogens is 410 g/mol. The van der Waals surface area contributed by atoms with E-state index in [0.717, 1.165) is 5.56 Å². The van der Waals surface area contributed by atoms with Crippen LogP contribution < -0.4 is 10.1 Å². The molecule has 8 heteroatoms. The number of morpholine rings is 1. The molecule has 0 radical (unpaired) electrons. The molecule has 4 rings (SSSR count). The minimum absolute atomic E-state index is 0.0234. The third-order valence-corrected chi connectivity index (χ3v) is 6.76. The Morgan fingerprint density at radius 1 is 1.19 bits per heavy atom. The number of benzene rings is 1. The molecule has 1 spiro atoms. The van der Waals surface area contributed by atoms with E-state index in [1.165, 1.54) is 0 Å². The fourth-order valence-corrected chi connectivity index (χ4v) is 5.01. The summed E-state index contributed by atoms with van der Waals surface area (Å²) in [5, 5.41) is 2.98. The molecule has 3 amide bonds. The van der Waals surface area contributed by atoms with Gasteiger partial charge in [-0.15, -0.1) is 0 Å². The third-order valence-electron chi connectivity index (χ3n) is 6.76. The molecule has 3 aliphatic heterocycles. The topological polar surface area (TPSA) is 88.2 Å². The minimum atomic E-state index is -0.675. The smallest absolute Gasteiger partial charge is 0.255 e. The number of nitrogens with zero attached hydrogens (tertiary/aromatic N) is 2. The summed E-state index contributed by atoms with van der Waals surface area (Å²) in [5.74, 6) is 0.284. The molecule has 0 bridgehead atoms. The van der Waals surface area contributed by atoms with Crippen molar-refractivity contribution in [3.8, 4) is 5.75 Å². The molecule has 1 aromatic carbocycles. The van der Waals surface area contributed by atoms with Gasteiger partial charge in [0.05, 0.1) is 24.3 Å². The van der Waals surface area contributed by atoms with E-state index >= 15 is 0 Å². The second-order valence-corrected chi connectivity index (χ2v) is 9.48. The van der Waals surface area contributed by atoms with Gasteiger partial charge in [0.15, 0.2) is 0 Å². The van der Waals surface area contributed by atoms with E-state index in [9.17, 15) is 14.4 Å². The third kappa shape index (κ3) is 4.46. The van der Waals surface area contributed by atoms with Crippen molar-refractivity contribution in [2.45, 2.75) is 70.8 Å². The van der Waals surface area contributed by atoms with Gasteiger partial charge in [0.25, 0.3) is 5.91 Å². The Morgan fingerprint density at radius 2 is 1.91 bits per heavy atom. The van der Waals surface area contributed by atoms with Crippen LogP contribution in [0.5, 0.6) is 5.75 Å². The highest BCUT2D eigenvalue weighted by molar-refractivity contribution is 5.97. The van der Waals surface area contributed by atoms with E-state index in [-0.39, 0.29) is 36.4 Å². The zero-order valence-electron chi connectivity index (χ0n) is 19.3. The molecule has 3 heterocycles. The zero-order valence-corrected chi connectivity index (χ0v) is 19.3. The standard InChI is InChI=1S/C24H33N3O5/c1-15-5-6-20-19(11-15)22(29)25-14-24(32-20)8-7-21(28)27(10-9-24)18(4)23(30)26-12-16(2)31-17(3)13-26/h5-6,11,16-18H,7-10,12-14H2,1-4H3,(H,25,29). The molecule has 32 heavy (non-hydrogen) atoms. The summed E-state index contributed by atoms with van der Waals surface area (Å²) in [6, 6.07) is 5.02. The van der Waals surface area contributed by atoms with Crippen LogP contribution in [0.4, 0.5) is 0 Å². The van der Waals surface area contributed by atoms with Crippen LogP contribution in [-0.4, -0.2) is 77.6 Å². The number of likely N-dealkylation sites (tertiary alicyclic amines) is 1. The van der Waals surface area contributed by atoms with Crippen molar-refractivity contribution in [2.24, 2.45) is 0 Å². The second kappa shape index (κ2) is 8.73. The number of rotatable bonds is 2. The number of fused-ring (bicyclic) bond motifs is 1. The Labute approximate surface area is 189 Å². The molecule has 2 saturated heterocycles. The molecule has 0 aliphatic carbocycles. The van der Waals surface area contributed by atoms with Gasteiger partial charge in [-0.25, -0.2) is 0 Å². The summed E-state index contributed by atoms with van der Waals surface area (Å²) in [4.78, 5) is 42.3. The normalized spacial score (nSPS) is 29.5. The molecule has 1 aromatic rings. The lowest BCUT2D eigenvalue weighted by Crippen LogP contribution is -2.55. The van der Waals surface area contributed by atoms with E-state index in [0.29, 0.717) is 50.3 Å². The number of nitrogens with one attached hydrogen (secondary N) is 1. The summed E-state index contributed by atoms with van der Waals surface area (Å²) in [6.07, 6.45) is 1.25. The number of hydrogen-bond donors (Lipinski definition) is 1. The molecule has 2 fully saturated rings. The Kier molecular flexibility index (Phi) is 6.16. The molecule has 4 atom stereocenters. The van der Waals surface area contributed by atoms with Crippen LogP contribution in [0, 0.1) is 6.92 Å². The summed E-state index contributed by atoms with van der Waals surface area (Å²) in [6.45, 7) is 9.45. The Bertz CT molecular complexity index is 909. The largest absolute Gasteiger partial charge is 0.485 e. The Balaban J connectivity index is 1.50. The van der Waals surface area contributed by atoms with Gasteiger partial charge in [-0.1, -0.05) is 11.6 Å². The highest BCUT2D eigenvalue weighted by atomic mass is 16.5. The van der Waals surface area contributed by atoms with Gasteiger partial charge in [0.2, 0.25) is 11.8 Å². The maximum absolute atomic E-state index is 13.2. The lowest BCUT2D eigenvalue weighted by molar-refractivity contribution is -0.152. The van der Waals surface area contributed by atoms with Gasteiger partial charge in [-0.2, -0.15) is 0 Å². The summed E-state index contributed by atoms with van der Waals surface area (Å²) in [7, 11) is 0. The average Bonchev–Trinajstić information content (AvgIpc) is 2.99. The SMILES string of the molecule is Cc1ccc2c(c1)C(=O)NCC1(CCC(=O)N(C(C)C(=O)N3CC(C)OC(C)C3)CC1)O2. The first-order chi connectivity index (χ1) is 15.2. The molecular formula is C24H33N3O5. The van der Waals surface area contributed by atoms with E-state index in [1.54, 1.807) is 16.7 Å². The van der Waals surface area contributed by atoms with Crippen molar-refractivity contribution in [2.75, 3.05) is 26.2 Å². The minimum Gasteiger partial charge on any atom is -0.485 e. The lowest BCUT2D eigenvalue weighted by Gasteiger charge is -2.39. The van der Waals surface area contributed by atoms with Crippen LogP contribution in [0.3, 0.4) is 0 Å². The molecule has 1 N–H and O–H groups in total. The number of carbonyl (C=O) groups is 3. The van der Waals surface area contributed by atoms with Crippen LogP contribution in [0.1, 0.15) is 56.0 Å².